The molecule has 7 heteroatoms. The van der Waals surface area contributed by atoms with Crippen LogP contribution in [0.4, 0.5) is 5.82 Å². The van der Waals surface area contributed by atoms with Crippen molar-refractivity contribution >= 4 is 11.7 Å². The SMILES string of the molecule is COc1ccccc1-c1cnc(NC(=O)c2cnccn2)c2c1CCO2. The molecule has 3 heterocycles. The predicted molar refractivity (Wildman–Crippen MR) is 95.4 cm³/mol. The Kier molecular flexibility index (Phi) is 4.18. The fourth-order valence-electron chi connectivity index (χ4n) is 2.97. The van der Waals surface area contributed by atoms with Crippen LogP contribution < -0.4 is 14.8 Å². The smallest absolute Gasteiger partial charge is 0.277 e. The number of methoxy groups -OCH3 is 1. The number of rotatable bonds is 4. The van der Waals surface area contributed by atoms with Crippen LogP contribution in [-0.4, -0.2) is 34.6 Å². The summed E-state index contributed by atoms with van der Waals surface area (Å²) in [5.74, 6) is 1.35. The van der Waals surface area contributed by atoms with E-state index < -0.39 is 0 Å². The summed E-state index contributed by atoms with van der Waals surface area (Å²) >= 11 is 0. The number of fused-ring (bicyclic) bond motifs is 1. The molecule has 26 heavy (non-hydrogen) atoms. The van der Waals surface area contributed by atoms with Gasteiger partial charge in [-0.3, -0.25) is 9.78 Å². The normalized spacial score (nSPS) is 12.2. The van der Waals surface area contributed by atoms with E-state index in [9.17, 15) is 4.79 Å². The lowest BCUT2D eigenvalue weighted by molar-refractivity contribution is 0.102. The van der Waals surface area contributed by atoms with Gasteiger partial charge in [-0.25, -0.2) is 9.97 Å². The number of para-hydroxylation sites is 1. The molecule has 1 aromatic carbocycles. The van der Waals surface area contributed by atoms with Gasteiger partial charge in [0.05, 0.1) is 19.9 Å². The summed E-state index contributed by atoms with van der Waals surface area (Å²) < 4.78 is 11.2. The van der Waals surface area contributed by atoms with Gasteiger partial charge in [-0.1, -0.05) is 18.2 Å². The van der Waals surface area contributed by atoms with Crippen LogP contribution >= 0.6 is 0 Å². The molecule has 0 aliphatic carbocycles. The van der Waals surface area contributed by atoms with E-state index in [0.717, 1.165) is 28.9 Å². The van der Waals surface area contributed by atoms with Gasteiger partial charge in [0.15, 0.2) is 11.6 Å². The molecule has 0 spiro atoms. The largest absolute Gasteiger partial charge is 0.496 e. The van der Waals surface area contributed by atoms with Gasteiger partial charge in [0.25, 0.3) is 5.91 Å². The first kappa shape index (κ1) is 16.0. The molecule has 2 aromatic heterocycles. The number of ether oxygens (including phenoxy) is 2. The minimum Gasteiger partial charge on any atom is -0.496 e. The molecule has 7 nitrogen and oxygen atoms in total. The van der Waals surface area contributed by atoms with E-state index >= 15 is 0 Å². The molecule has 3 aromatic rings. The van der Waals surface area contributed by atoms with Crippen LogP contribution in [0.1, 0.15) is 16.1 Å². The highest BCUT2D eigenvalue weighted by atomic mass is 16.5. The van der Waals surface area contributed by atoms with Crippen LogP contribution in [0.15, 0.2) is 49.1 Å². The molecule has 1 aliphatic rings. The minimum absolute atomic E-state index is 0.217. The van der Waals surface area contributed by atoms with Gasteiger partial charge in [-0.15, -0.1) is 0 Å². The first-order valence-electron chi connectivity index (χ1n) is 8.13. The zero-order chi connectivity index (χ0) is 17.9. The van der Waals surface area contributed by atoms with Crippen LogP contribution in [0.5, 0.6) is 11.5 Å². The Morgan fingerprint density at radius 2 is 2.04 bits per heavy atom. The van der Waals surface area contributed by atoms with Gasteiger partial charge in [0, 0.05) is 41.7 Å². The van der Waals surface area contributed by atoms with Gasteiger partial charge in [0.1, 0.15) is 11.4 Å². The third-order valence-corrected chi connectivity index (χ3v) is 4.16. The van der Waals surface area contributed by atoms with E-state index in [1.165, 1.54) is 18.6 Å². The lowest BCUT2D eigenvalue weighted by Crippen LogP contribution is -2.15. The monoisotopic (exact) mass is 348 g/mol. The summed E-state index contributed by atoms with van der Waals surface area (Å²) in [4.78, 5) is 24.6. The number of nitrogens with zero attached hydrogens (tertiary/aromatic N) is 3. The third-order valence-electron chi connectivity index (χ3n) is 4.16. The van der Waals surface area contributed by atoms with Crippen molar-refractivity contribution in [1.29, 1.82) is 0 Å². The second-order valence-corrected chi connectivity index (χ2v) is 5.67. The summed E-state index contributed by atoms with van der Waals surface area (Å²) in [6.45, 7) is 0.539. The Morgan fingerprint density at radius 1 is 1.15 bits per heavy atom. The maximum absolute atomic E-state index is 12.3. The summed E-state index contributed by atoms with van der Waals surface area (Å²) in [7, 11) is 1.64. The zero-order valence-electron chi connectivity index (χ0n) is 14.1. The summed E-state index contributed by atoms with van der Waals surface area (Å²) in [6, 6.07) is 7.75. The number of benzene rings is 1. The van der Waals surface area contributed by atoms with Crippen molar-refractivity contribution in [1.82, 2.24) is 15.0 Å². The molecular formula is C19H16N4O3. The van der Waals surface area contributed by atoms with E-state index in [0.29, 0.717) is 18.2 Å². The van der Waals surface area contributed by atoms with Crippen molar-refractivity contribution in [3.05, 3.63) is 60.3 Å². The van der Waals surface area contributed by atoms with Crippen molar-refractivity contribution < 1.29 is 14.3 Å². The van der Waals surface area contributed by atoms with Gasteiger partial charge in [-0.05, 0) is 6.07 Å². The quantitative estimate of drug-likeness (QED) is 0.780. The molecular weight excluding hydrogens is 332 g/mol. The molecule has 0 bridgehead atoms. The standard InChI is InChI=1S/C19H16N4O3/c1-25-16-5-3-2-4-12(16)14-10-22-18(17-13(14)6-9-26-17)23-19(24)15-11-20-7-8-21-15/h2-5,7-8,10-11H,6,9H2,1H3,(H,22,23,24). The number of carbonyl (C=O) groups excluding carboxylic acids is 1. The number of pyridine rings is 1. The lowest BCUT2D eigenvalue weighted by atomic mass is 9.99. The Bertz CT molecular complexity index is 960. The van der Waals surface area contributed by atoms with E-state index in [2.05, 4.69) is 20.3 Å². The van der Waals surface area contributed by atoms with Crippen molar-refractivity contribution in [3.8, 4) is 22.6 Å². The second-order valence-electron chi connectivity index (χ2n) is 5.67. The van der Waals surface area contributed by atoms with Gasteiger partial charge >= 0.3 is 0 Å². The molecule has 0 atom stereocenters. The molecule has 1 N–H and O–H groups in total. The van der Waals surface area contributed by atoms with Crippen LogP contribution in [0.2, 0.25) is 0 Å². The second kappa shape index (κ2) is 6.79. The molecule has 0 radical (unpaired) electrons. The number of anilines is 1. The number of hydrogen-bond donors (Lipinski definition) is 1. The highest BCUT2D eigenvalue weighted by Gasteiger charge is 2.25. The van der Waals surface area contributed by atoms with Crippen LogP contribution in [-0.2, 0) is 6.42 Å². The van der Waals surface area contributed by atoms with Gasteiger partial charge in [-0.2, -0.15) is 0 Å². The van der Waals surface area contributed by atoms with E-state index in [-0.39, 0.29) is 11.6 Å². The highest BCUT2D eigenvalue weighted by molar-refractivity contribution is 6.03. The van der Waals surface area contributed by atoms with Gasteiger partial charge < -0.3 is 14.8 Å². The number of aromatic nitrogens is 3. The maximum atomic E-state index is 12.3. The third kappa shape index (κ3) is 2.83. The molecule has 4 rings (SSSR count). The summed E-state index contributed by atoms with van der Waals surface area (Å²) in [6.07, 6.45) is 6.85. The number of nitrogens with one attached hydrogen (secondary N) is 1. The first-order valence-corrected chi connectivity index (χ1v) is 8.13. The summed E-state index contributed by atoms with van der Waals surface area (Å²) in [5, 5.41) is 2.76. The molecule has 1 aliphatic heterocycles. The molecule has 0 saturated carbocycles. The Morgan fingerprint density at radius 3 is 2.85 bits per heavy atom. The Hall–Kier alpha value is -3.48. The summed E-state index contributed by atoms with van der Waals surface area (Å²) in [5.41, 5.74) is 3.09. The predicted octanol–water partition coefficient (Wildman–Crippen LogP) is 2.73. The number of hydrogen-bond acceptors (Lipinski definition) is 6. The Labute approximate surface area is 150 Å². The van der Waals surface area contributed by atoms with Gasteiger partial charge in [0.2, 0.25) is 0 Å². The fourth-order valence-corrected chi connectivity index (χ4v) is 2.97. The first-order chi connectivity index (χ1) is 12.8. The maximum Gasteiger partial charge on any atom is 0.277 e. The number of carbonyl (C=O) groups is 1. The molecule has 130 valence electrons. The van der Waals surface area contributed by atoms with Crippen molar-refractivity contribution in [3.63, 3.8) is 0 Å². The van der Waals surface area contributed by atoms with E-state index in [4.69, 9.17) is 9.47 Å². The average molecular weight is 348 g/mol. The topological polar surface area (TPSA) is 86.2 Å². The Balaban J connectivity index is 1.72. The number of amides is 1. The van der Waals surface area contributed by atoms with Crippen LogP contribution in [0.3, 0.4) is 0 Å². The highest BCUT2D eigenvalue weighted by Crippen LogP contribution is 2.41. The molecule has 0 fully saturated rings. The fraction of sp³-hybridized carbons (Fsp3) is 0.158. The van der Waals surface area contributed by atoms with Crippen molar-refractivity contribution in [2.45, 2.75) is 6.42 Å². The molecule has 1 amide bonds. The van der Waals surface area contributed by atoms with E-state index in [1.54, 1.807) is 13.3 Å². The molecule has 0 unspecified atom stereocenters. The zero-order valence-corrected chi connectivity index (χ0v) is 14.1. The average Bonchev–Trinajstić information content (AvgIpc) is 3.19. The van der Waals surface area contributed by atoms with Crippen LogP contribution in [0, 0.1) is 0 Å². The van der Waals surface area contributed by atoms with Crippen molar-refractivity contribution in [2.24, 2.45) is 0 Å². The molecule has 0 saturated heterocycles. The van der Waals surface area contributed by atoms with Crippen molar-refractivity contribution in [2.75, 3.05) is 19.0 Å². The lowest BCUT2D eigenvalue weighted by Gasteiger charge is -2.14. The van der Waals surface area contributed by atoms with Crippen LogP contribution in [0.25, 0.3) is 11.1 Å². The minimum atomic E-state index is -0.381. The van der Waals surface area contributed by atoms with E-state index in [1.807, 2.05) is 24.3 Å².